The topological polar surface area (TPSA) is 43.8 Å². The van der Waals surface area contributed by atoms with Crippen LogP contribution in [-0.4, -0.2) is 9.78 Å². The van der Waals surface area contributed by atoms with Crippen molar-refractivity contribution in [3.05, 3.63) is 24.0 Å². The third-order valence-corrected chi connectivity index (χ3v) is 2.19. The van der Waals surface area contributed by atoms with Gasteiger partial charge in [-0.1, -0.05) is 0 Å². The molecule has 0 amide bonds. The summed E-state index contributed by atoms with van der Waals surface area (Å²) in [5.41, 5.74) is 6.58. The number of anilines is 1. The first-order chi connectivity index (χ1) is 6.59. The third-order valence-electron chi connectivity index (χ3n) is 2.19. The van der Waals surface area contributed by atoms with Crippen molar-refractivity contribution < 1.29 is 4.39 Å². The van der Waals surface area contributed by atoms with Crippen LogP contribution in [0.5, 0.6) is 0 Å². The molecule has 0 saturated carbocycles. The van der Waals surface area contributed by atoms with Crippen LogP contribution < -0.4 is 5.73 Å². The maximum absolute atomic E-state index is 12.9. The number of nitrogens with two attached hydrogens (primary N) is 1. The Kier molecular flexibility index (Phi) is 1.91. The minimum Gasteiger partial charge on any atom is -0.383 e. The summed E-state index contributed by atoms with van der Waals surface area (Å²) in [6, 6.07) is 4.63. The number of rotatable bonds is 1. The number of benzene rings is 1. The van der Waals surface area contributed by atoms with Gasteiger partial charge in [-0.3, -0.25) is 0 Å². The monoisotopic (exact) mass is 193 g/mol. The summed E-state index contributed by atoms with van der Waals surface area (Å²) < 4.78 is 14.6. The summed E-state index contributed by atoms with van der Waals surface area (Å²) >= 11 is 0. The van der Waals surface area contributed by atoms with E-state index in [1.54, 1.807) is 10.7 Å². The molecule has 1 aromatic heterocycles. The first kappa shape index (κ1) is 8.99. The maximum atomic E-state index is 12.9. The van der Waals surface area contributed by atoms with Crippen molar-refractivity contribution in [3.8, 4) is 0 Å². The zero-order valence-corrected chi connectivity index (χ0v) is 8.16. The van der Waals surface area contributed by atoms with E-state index in [0.29, 0.717) is 11.2 Å². The number of aromatic nitrogens is 2. The van der Waals surface area contributed by atoms with Gasteiger partial charge in [0.1, 0.15) is 11.6 Å². The average molecular weight is 193 g/mol. The molecule has 0 aliphatic carbocycles. The van der Waals surface area contributed by atoms with Crippen molar-refractivity contribution in [1.82, 2.24) is 9.78 Å². The van der Waals surface area contributed by atoms with Gasteiger partial charge in [0.05, 0.1) is 5.52 Å². The molecule has 4 heteroatoms. The van der Waals surface area contributed by atoms with Gasteiger partial charge in [-0.2, -0.15) is 5.10 Å². The van der Waals surface area contributed by atoms with E-state index in [0.717, 1.165) is 5.52 Å². The van der Waals surface area contributed by atoms with E-state index >= 15 is 0 Å². The van der Waals surface area contributed by atoms with E-state index in [2.05, 4.69) is 5.10 Å². The van der Waals surface area contributed by atoms with Gasteiger partial charge in [0.2, 0.25) is 0 Å². The van der Waals surface area contributed by atoms with Gasteiger partial charge in [-0.05, 0) is 32.0 Å². The molecule has 1 heterocycles. The highest BCUT2D eigenvalue weighted by Gasteiger charge is 2.10. The summed E-state index contributed by atoms with van der Waals surface area (Å²) in [4.78, 5) is 0. The number of halogens is 1. The molecule has 0 unspecified atom stereocenters. The first-order valence-corrected chi connectivity index (χ1v) is 4.53. The molecule has 0 atom stereocenters. The fourth-order valence-corrected chi connectivity index (χ4v) is 1.49. The Morgan fingerprint density at radius 3 is 2.79 bits per heavy atom. The molecule has 1 aromatic carbocycles. The van der Waals surface area contributed by atoms with Crippen LogP contribution in [0.4, 0.5) is 10.2 Å². The molecule has 3 nitrogen and oxygen atoms in total. The van der Waals surface area contributed by atoms with Crippen LogP contribution in [0.2, 0.25) is 0 Å². The highest BCUT2D eigenvalue weighted by molar-refractivity contribution is 5.88. The maximum Gasteiger partial charge on any atom is 0.130 e. The van der Waals surface area contributed by atoms with E-state index in [1.807, 2.05) is 13.8 Å². The lowest BCUT2D eigenvalue weighted by Crippen LogP contribution is -2.06. The molecule has 14 heavy (non-hydrogen) atoms. The Morgan fingerprint density at radius 1 is 1.43 bits per heavy atom. The van der Waals surface area contributed by atoms with Crippen LogP contribution in [0.3, 0.4) is 0 Å². The lowest BCUT2D eigenvalue weighted by Gasteiger charge is -2.06. The van der Waals surface area contributed by atoms with Crippen molar-refractivity contribution >= 4 is 16.7 Å². The standard InChI is InChI=1S/C10H12FN3/c1-6(2)14-10(12)8-5-7(11)3-4-9(8)13-14/h3-6H,12H2,1-2H3. The van der Waals surface area contributed by atoms with Crippen LogP contribution in [0.25, 0.3) is 10.9 Å². The van der Waals surface area contributed by atoms with Crippen LogP contribution in [0, 0.1) is 5.82 Å². The van der Waals surface area contributed by atoms with Crippen LogP contribution in [0.15, 0.2) is 18.2 Å². The summed E-state index contributed by atoms with van der Waals surface area (Å²) in [5, 5.41) is 4.96. The predicted molar refractivity (Wildman–Crippen MR) is 54.5 cm³/mol. The summed E-state index contributed by atoms with van der Waals surface area (Å²) in [7, 11) is 0. The Labute approximate surface area is 81.3 Å². The van der Waals surface area contributed by atoms with Crippen LogP contribution in [-0.2, 0) is 0 Å². The second-order valence-corrected chi connectivity index (χ2v) is 3.59. The number of fused-ring (bicyclic) bond motifs is 1. The molecule has 2 N–H and O–H groups in total. The zero-order valence-electron chi connectivity index (χ0n) is 8.16. The largest absolute Gasteiger partial charge is 0.383 e. The van der Waals surface area contributed by atoms with Gasteiger partial charge < -0.3 is 5.73 Å². The second kappa shape index (κ2) is 2.97. The van der Waals surface area contributed by atoms with Gasteiger partial charge in [-0.25, -0.2) is 9.07 Å². The molecule has 74 valence electrons. The summed E-state index contributed by atoms with van der Waals surface area (Å²) in [6.45, 7) is 3.97. The molecule has 0 aliphatic rings. The molecule has 0 aliphatic heterocycles. The quantitative estimate of drug-likeness (QED) is 0.755. The van der Waals surface area contributed by atoms with E-state index in [1.165, 1.54) is 12.1 Å². The number of nitrogens with zero attached hydrogens (tertiary/aromatic N) is 2. The lowest BCUT2D eigenvalue weighted by molar-refractivity contribution is 0.545. The van der Waals surface area contributed by atoms with E-state index in [4.69, 9.17) is 5.73 Å². The first-order valence-electron chi connectivity index (χ1n) is 4.53. The number of nitrogen functional groups attached to an aromatic ring is 1. The predicted octanol–water partition coefficient (Wildman–Crippen LogP) is 2.34. The summed E-state index contributed by atoms with van der Waals surface area (Å²) in [6.07, 6.45) is 0. The van der Waals surface area contributed by atoms with Gasteiger partial charge in [0.15, 0.2) is 0 Å². The van der Waals surface area contributed by atoms with Crippen molar-refractivity contribution in [2.45, 2.75) is 19.9 Å². The Morgan fingerprint density at radius 2 is 2.14 bits per heavy atom. The molecule has 2 aromatic rings. The van der Waals surface area contributed by atoms with Crippen molar-refractivity contribution in [2.24, 2.45) is 0 Å². The van der Waals surface area contributed by atoms with Crippen LogP contribution in [0.1, 0.15) is 19.9 Å². The highest BCUT2D eigenvalue weighted by Crippen LogP contribution is 2.23. The molecule has 0 bridgehead atoms. The van der Waals surface area contributed by atoms with E-state index < -0.39 is 0 Å². The fraction of sp³-hybridized carbons (Fsp3) is 0.300. The van der Waals surface area contributed by atoms with Gasteiger partial charge in [0, 0.05) is 11.4 Å². The van der Waals surface area contributed by atoms with Gasteiger partial charge in [-0.15, -0.1) is 0 Å². The highest BCUT2D eigenvalue weighted by atomic mass is 19.1. The van der Waals surface area contributed by atoms with Crippen molar-refractivity contribution in [1.29, 1.82) is 0 Å². The molecule has 0 radical (unpaired) electrons. The average Bonchev–Trinajstić information content (AvgIpc) is 2.44. The zero-order chi connectivity index (χ0) is 10.3. The number of hydrogen-bond acceptors (Lipinski definition) is 2. The Bertz CT molecular complexity index is 473. The lowest BCUT2D eigenvalue weighted by atomic mass is 10.2. The number of hydrogen-bond donors (Lipinski definition) is 1. The van der Waals surface area contributed by atoms with E-state index in [-0.39, 0.29) is 11.9 Å². The molecule has 0 saturated heterocycles. The Balaban J connectivity index is 2.74. The molecular weight excluding hydrogens is 181 g/mol. The van der Waals surface area contributed by atoms with Gasteiger partial charge >= 0.3 is 0 Å². The van der Waals surface area contributed by atoms with Crippen molar-refractivity contribution in [3.63, 3.8) is 0 Å². The van der Waals surface area contributed by atoms with E-state index in [9.17, 15) is 4.39 Å². The molecular formula is C10H12FN3. The van der Waals surface area contributed by atoms with Crippen molar-refractivity contribution in [2.75, 3.05) is 5.73 Å². The SMILES string of the molecule is CC(C)n1nc2ccc(F)cc2c1N. The fourth-order valence-electron chi connectivity index (χ4n) is 1.49. The molecule has 0 fully saturated rings. The van der Waals surface area contributed by atoms with Crippen LogP contribution >= 0.6 is 0 Å². The Hall–Kier alpha value is -1.58. The molecule has 0 spiro atoms. The normalized spacial score (nSPS) is 11.4. The minimum absolute atomic E-state index is 0.186. The second-order valence-electron chi connectivity index (χ2n) is 3.59. The third kappa shape index (κ3) is 1.23. The minimum atomic E-state index is -0.285. The van der Waals surface area contributed by atoms with Gasteiger partial charge in [0.25, 0.3) is 0 Å². The molecule has 2 rings (SSSR count). The summed E-state index contributed by atoms with van der Waals surface area (Å²) in [5.74, 6) is 0.238. The smallest absolute Gasteiger partial charge is 0.130 e.